The fraction of sp³-hybridized carbons (Fsp3) is 0. The van der Waals surface area contributed by atoms with Crippen LogP contribution in [0.4, 0.5) is 10.2 Å². The number of nitrogens with two attached hydrogens (primary N) is 1. The number of halogens is 2. The second kappa shape index (κ2) is 3.31. The van der Waals surface area contributed by atoms with Crippen molar-refractivity contribution in [3.05, 3.63) is 41.3 Å². The summed E-state index contributed by atoms with van der Waals surface area (Å²) >= 11 is 5.87. The summed E-state index contributed by atoms with van der Waals surface area (Å²) in [4.78, 5) is 0. The van der Waals surface area contributed by atoms with E-state index in [2.05, 4.69) is 5.10 Å². The van der Waals surface area contributed by atoms with Crippen LogP contribution < -0.4 is 5.73 Å². The summed E-state index contributed by atoms with van der Waals surface area (Å²) in [5, 5.41) is 4.35. The van der Waals surface area contributed by atoms with E-state index in [1.54, 1.807) is 12.3 Å². The molecule has 2 N–H and O–H groups in total. The number of rotatable bonds is 1. The highest BCUT2D eigenvalue weighted by Gasteiger charge is 2.05. The molecular formula is C9H7ClFN3. The van der Waals surface area contributed by atoms with E-state index in [1.807, 2.05) is 0 Å². The average molecular weight is 212 g/mol. The molecule has 2 rings (SSSR count). The van der Waals surface area contributed by atoms with Gasteiger partial charge in [0.2, 0.25) is 0 Å². The molecule has 0 aliphatic rings. The van der Waals surface area contributed by atoms with Crippen LogP contribution in [0.2, 0.25) is 5.02 Å². The Bertz CT molecular complexity index is 467. The maximum absolute atomic E-state index is 12.9. The molecule has 0 saturated heterocycles. The summed E-state index contributed by atoms with van der Waals surface area (Å²) in [7, 11) is 0. The topological polar surface area (TPSA) is 43.8 Å². The van der Waals surface area contributed by atoms with Crippen molar-refractivity contribution < 1.29 is 4.39 Å². The lowest BCUT2D eigenvalue weighted by Crippen LogP contribution is -1.97. The highest BCUT2D eigenvalue weighted by atomic mass is 35.5. The minimum atomic E-state index is -0.363. The van der Waals surface area contributed by atoms with Gasteiger partial charge in [-0.2, -0.15) is 5.10 Å². The third-order valence-electron chi connectivity index (χ3n) is 1.76. The lowest BCUT2D eigenvalue weighted by Gasteiger charge is -2.03. The maximum atomic E-state index is 12.9. The van der Waals surface area contributed by atoms with Crippen LogP contribution in [0.5, 0.6) is 0 Å². The van der Waals surface area contributed by atoms with Crippen LogP contribution in [0.15, 0.2) is 30.5 Å². The Labute approximate surface area is 84.9 Å². The molecule has 0 saturated carbocycles. The van der Waals surface area contributed by atoms with Crippen LogP contribution in [0, 0.1) is 5.82 Å². The highest BCUT2D eigenvalue weighted by Crippen LogP contribution is 2.20. The van der Waals surface area contributed by atoms with E-state index < -0.39 is 0 Å². The van der Waals surface area contributed by atoms with Gasteiger partial charge in [-0.3, -0.25) is 0 Å². The second-order valence-electron chi connectivity index (χ2n) is 2.78. The first-order valence-corrected chi connectivity index (χ1v) is 4.31. The van der Waals surface area contributed by atoms with Gasteiger partial charge in [-0.25, -0.2) is 9.07 Å². The lowest BCUT2D eigenvalue weighted by atomic mass is 10.3. The molecule has 1 aromatic carbocycles. The Morgan fingerprint density at radius 2 is 2.14 bits per heavy atom. The summed E-state index contributed by atoms with van der Waals surface area (Å²) in [5.74, 6) is 0.00352. The largest absolute Gasteiger partial charge is 0.382 e. The summed E-state index contributed by atoms with van der Waals surface area (Å²) < 4.78 is 14.3. The van der Waals surface area contributed by atoms with E-state index in [0.717, 1.165) is 0 Å². The molecule has 0 bridgehead atoms. The number of hydrogen-bond donors (Lipinski definition) is 1. The first-order chi connectivity index (χ1) is 6.66. The van der Waals surface area contributed by atoms with Gasteiger partial charge in [0, 0.05) is 18.3 Å². The van der Waals surface area contributed by atoms with Crippen molar-refractivity contribution in [1.29, 1.82) is 0 Å². The SMILES string of the molecule is Nc1ccn(-c2cc(F)ccc2Cl)n1. The zero-order valence-electron chi connectivity index (χ0n) is 7.11. The van der Waals surface area contributed by atoms with E-state index >= 15 is 0 Å². The molecule has 72 valence electrons. The zero-order chi connectivity index (χ0) is 10.1. The Hall–Kier alpha value is -1.55. The molecule has 0 aliphatic carbocycles. The van der Waals surface area contributed by atoms with Gasteiger partial charge >= 0.3 is 0 Å². The molecule has 1 heterocycles. The van der Waals surface area contributed by atoms with Crippen LogP contribution >= 0.6 is 11.6 Å². The van der Waals surface area contributed by atoms with Gasteiger partial charge in [-0.05, 0) is 12.1 Å². The van der Waals surface area contributed by atoms with Crippen molar-refractivity contribution in [2.45, 2.75) is 0 Å². The summed E-state index contributed by atoms with van der Waals surface area (Å²) in [6, 6.07) is 5.68. The number of benzene rings is 1. The predicted octanol–water partition coefficient (Wildman–Crippen LogP) is 2.25. The number of aromatic nitrogens is 2. The van der Waals surface area contributed by atoms with Crippen molar-refractivity contribution in [3.63, 3.8) is 0 Å². The first kappa shape index (κ1) is 9.02. The second-order valence-corrected chi connectivity index (χ2v) is 3.19. The van der Waals surface area contributed by atoms with Gasteiger partial charge < -0.3 is 5.73 Å². The van der Waals surface area contributed by atoms with Crippen LogP contribution in [-0.2, 0) is 0 Å². The molecular weight excluding hydrogens is 205 g/mol. The van der Waals surface area contributed by atoms with Crippen LogP contribution in [0.25, 0.3) is 5.69 Å². The van der Waals surface area contributed by atoms with Crippen molar-refractivity contribution in [3.8, 4) is 5.69 Å². The molecule has 2 aromatic rings. The lowest BCUT2D eigenvalue weighted by molar-refractivity contribution is 0.625. The van der Waals surface area contributed by atoms with Gasteiger partial charge in [0.05, 0.1) is 10.7 Å². The fourth-order valence-corrected chi connectivity index (χ4v) is 1.34. The van der Waals surface area contributed by atoms with Crippen molar-refractivity contribution >= 4 is 17.4 Å². The molecule has 0 amide bonds. The predicted molar refractivity (Wildman–Crippen MR) is 52.9 cm³/mol. The van der Waals surface area contributed by atoms with Gasteiger partial charge in [-0.15, -0.1) is 0 Å². The number of anilines is 1. The highest BCUT2D eigenvalue weighted by molar-refractivity contribution is 6.32. The van der Waals surface area contributed by atoms with Crippen LogP contribution in [0.3, 0.4) is 0 Å². The van der Waals surface area contributed by atoms with Gasteiger partial charge in [-0.1, -0.05) is 11.6 Å². The van der Waals surface area contributed by atoms with Crippen molar-refractivity contribution in [2.24, 2.45) is 0 Å². The number of nitrogens with zero attached hydrogens (tertiary/aromatic N) is 2. The van der Waals surface area contributed by atoms with E-state index in [4.69, 9.17) is 17.3 Å². The van der Waals surface area contributed by atoms with E-state index in [1.165, 1.54) is 22.9 Å². The first-order valence-electron chi connectivity index (χ1n) is 3.93. The summed E-state index contributed by atoms with van der Waals surface area (Å²) in [5.41, 5.74) is 5.91. The summed E-state index contributed by atoms with van der Waals surface area (Å²) in [6.45, 7) is 0. The van der Waals surface area contributed by atoms with Crippen molar-refractivity contribution in [1.82, 2.24) is 9.78 Å². The molecule has 0 spiro atoms. The zero-order valence-corrected chi connectivity index (χ0v) is 7.87. The van der Waals surface area contributed by atoms with Gasteiger partial charge in [0.15, 0.2) is 0 Å². The van der Waals surface area contributed by atoms with E-state index in [-0.39, 0.29) is 5.82 Å². The molecule has 0 radical (unpaired) electrons. The quantitative estimate of drug-likeness (QED) is 0.786. The molecule has 1 aromatic heterocycles. The Morgan fingerprint density at radius 1 is 1.36 bits per heavy atom. The fourth-order valence-electron chi connectivity index (χ4n) is 1.13. The number of hydrogen-bond acceptors (Lipinski definition) is 2. The molecule has 0 fully saturated rings. The van der Waals surface area contributed by atoms with E-state index in [9.17, 15) is 4.39 Å². The van der Waals surface area contributed by atoms with Gasteiger partial charge in [0.25, 0.3) is 0 Å². The number of nitrogen functional groups attached to an aromatic ring is 1. The Kier molecular flexibility index (Phi) is 2.13. The normalized spacial score (nSPS) is 10.4. The minimum Gasteiger partial charge on any atom is -0.382 e. The minimum absolute atomic E-state index is 0.363. The molecule has 0 aliphatic heterocycles. The smallest absolute Gasteiger partial charge is 0.145 e. The van der Waals surface area contributed by atoms with Gasteiger partial charge in [0.1, 0.15) is 11.6 Å². The molecule has 0 atom stereocenters. The third kappa shape index (κ3) is 1.56. The standard InChI is InChI=1S/C9H7ClFN3/c10-7-2-1-6(11)5-8(7)14-4-3-9(12)13-14/h1-5H,(H2,12,13). The summed E-state index contributed by atoms with van der Waals surface area (Å²) in [6.07, 6.45) is 1.62. The van der Waals surface area contributed by atoms with E-state index in [0.29, 0.717) is 16.5 Å². The third-order valence-corrected chi connectivity index (χ3v) is 2.08. The monoisotopic (exact) mass is 211 g/mol. The molecule has 3 nitrogen and oxygen atoms in total. The Morgan fingerprint density at radius 3 is 2.79 bits per heavy atom. The van der Waals surface area contributed by atoms with Crippen LogP contribution in [-0.4, -0.2) is 9.78 Å². The Balaban J connectivity index is 2.55. The maximum Gasteiger partial charge on any atom is 0.145 e. The van der Waals surface area contributed by atoms with Crippen molar-refractivity contribution in [2.75, 3.05) is 5.73 Å². The molecule has 14 heavy (non-hydrogen) atoms. The average Bonchev–Trinajstić information content (AvgIpc) is 2.56. The molecule has 5 heteroatoms. The molecule has 0 unspecified atom stereocenters. The van der Waals surface area contributed by atoms with Crippen LogP contribution in [0.1, 0.15) is 0 Å².